The Morgan fingerprint density at radius 3 is 2.29 bits per heavy atom. The number of nitrogens with zero attached hydrogens (tertiary/aromatic N) is 3. The lowest BCUT2D eigenvalue weighted by molar-refractivity contribution is -0.0533. The van der Waals surface area contributed by atoms with Crippen LogP contribution in [0.1, 0.15) is 62.7 Å². The summed E-state index contributed by atoms with van der Waals surface area (Å²) in [5.74, 6) is 2.21. The molecule has 2 aliphatic heterocycles. The minimum Gasteiger partial charge on any atom is -0.493 e. The summed E-state index contributed by atoms with van der Waals surface area (Å²) in [6.07, 6.45) is 11.5. The number of nitrogens with one attached hydrogen (secondary N) is 1. The number of hydrogen-bond donors (Lipinski definition) is 2. The van der Waals surface area contributed by atoms with Crippen LogP contribution in [-0.2, 0) is 10.3 Å². The van der Waals surface area contributed by atoms with Crippen LogP contribution in [0, 0.1) is 0 Å². The number of hydroxylamine groups is 2. The highest BCUT2D eigenvalue weighted by Gasteiger charge is 2.43. The van der Waals surface area contributed by atoms with Gasteiger partial charge in [-0.05, 0) is 90.1 Å². The van der Waals surface area contributed by atoms with Crippen molar-refractivity contribution < 1.29 is 43.2 Å². The Bertz CT molecular complexity index is 1820. The fraction of sp³-hybridized carbons (Fsp3) is 0.429. The zero-order valence-electron chi connectivity index (χ0n) is 32.8. The molecule has 0 radical (unpaired) electrons. The monoisotopic (exact) mass is 884 g/mol. The maximum Gasteiger partial charge on any atom is 0.345 e. The van der Waals surface area contributed by atoms with E-state index < -0.39 is 11.6 Å². The second kappa shape index (κ2) is 20.5. The molecule has 2 unspecified atom stereocenters. The second-order valence-electron chi connectivity index (χ2n) is 13.4. The molecule has 2 N–H and O–H groups in total. The maximum atomic E-state index is 13.7. The minimum absolute atomic E-state index is 0.0605. The van der Waals surface area contributed by atoms with E-state index in [1.165, 1.54) is 0 Å². The predicted octanol–water partition coefficient (Wildman–Crippen LogP) is 9.10. The number of para-hydroxylation sites is 1. The highest BCUT2D eigenvalue weighted by Crippen LogP contribution is 2.53. The molecule has 302 valence electrons. The van der Waals surface area contributed by atoms with Gasteiger partial charge in [-0.2, -0.15) is 0 Å². The van der Waals surface area contributed by atoms with Gasteiger partial charge in [0.25, 0.3) is 0 Å². The van der Waals surface area contributed by atoms with Crippen molar-refractivity contribution in [3.8, 4) is 28.7 Å². The number of methoxy groups -OCH3 is 4. The third-order valence-corrected chi connectivity index (χ3v) is 10.6. The number of urea groups is 2. The van der Waals surface area contributed by atoms with E-state index in [0.717, 1.165) is 28.4 Å². The molecule has 3 aromatic rings. The summed E-state index contributed by atoms with van der Waals surface area (Å²) in [5, 5.41) is 14.2. The average molecular weight is 885 g/mol. The first kappa shape index (κ1) is 42.5. The quantitative estimate of drug-likeness (QED) is 0.0556. The zero-order chi connectivity index (χ0) is 40.1. The Kier molecular flexibility index (Phi) is 15.5. The van der Waals surface area contributed by atoms with Crippen LogP contribution in [0.4, 0.5) is 21.0 Å². The van der Waals surface area contributed by atoms with Crippen LogP contribution in [-0.4, -0.2) is 86.3 Å². The van der Waals surface area contributed by atoms with Gasteiger partial charge in [0.15, 0.2) is 23.0 Å². The number of alkyl halides is 1. The number of ether oxygens (including phenoxy) is 6. The van der Waals surface area contributed by atoms with Gasteiger partial charge in [0, 0.05) is 18.4 Å². The van der Waals surface area contributed by atoms with Gasteiger partial charge in [-0.15, -0.1) is 0 Å². The zero-order valence-corrected chi connectivity index (χ0v) is 35.0. The molecule has 2 aliphatic rings. The van der Waals surface area contributed by atoms with Gasteiger partial charge < -0.3 is 33.7 Å². The summed E-state index contributed by atoms with van der Waals surface area (Å²) in [6, 6.07) is 16.0. The van der Waals surface area contributed by atoms with Crippen LogP contribution in [0.25, 0.3) is 0 Å². The van der Waals surface area contributed by atoms with E-state index in [1.54, 1.807) is 44.4 Å². The highest BCUT2D eigenvalue weighted by atomic mass is 127. The van der Waals surface area contributed by atoms with Crippen molar-refractivity contribution in [3.05, 3.63) is 90.2 Å². The van der Waals surface area contributed by atoms with Gasteiger partial charge in [-0.3, -0.25) is 15.0 Å². The third kappa shape index (κ3) is 10.0. The van der Waals surface area contributed by atoms with E-state index in [9.17, 15) is 14.8 Å². The second-order valence-corrected chi connectivity index (χ2v) is 14.5. The lowest BCUT2D eigenvalue weighted by Crippen LogP contribution is -2.43. The van der Waals surface area contributed by atoms with E-state index in [1.807, 2.05) is 79.7 Å². The molecule has 5 rings (SSSR count). The summed E-state index contributed by atoms with van der Waals surface area (Å²) >= 11 is 2.37. The van der Waals surface area contributed by atoms with Crippen LogP contribution in [0.3, 0.4) is 0 Å². The summed E-state index contributed by atoms with van der Waals surface area (Å²) < 4.78 is 37.2. The fourth-order valence-electron chi connectivity index (χ4n) is 6.96. The van der Waals surface area contributed by atoms with E-state index in [4.69, 9.17) is 28.4 Å². The largest absolute Gasteiger partial charge is 0.493 e. The molecule has 14 heteroatoms. The van der Waals surface area contributed by atoms with Crippen LogP contribution >= 0.6 is 22.6 Å². The number of anilines is 2. The van der Waals surface area contributed by atoms with E-state index in [2.05, 4.69) is 27.9 Å². The number of carbonyl (C=O) groups excluding carboxylic acids is 2. The third-order valence-electron chi connectivity index (χ3n) is 9.87. The lowest BCUT2D eigenvalue weighted by Gasteiger charge is -2.32. The molecule has 1 fully saturated rings. The Balaban J connectivity index is 1.50. The molecule has 3 aromatic carbocycles. The predicted molar refractivity (Wildman–Crippen MR) is 224 cm³/mol. The minimum atomic E-state index is -0.754. The summed E-state index contributed by atoms with van der Waals surface area (Å²) in [7, 11) is 6.29. The first-order chi connectivity index (χ1) is 27.2. The smallest absolute Gasteiger partial charge is 0.345 e. The standard InChI is InChI=1S/C42H53IN4O9/c1-6-7-23-47(50)40(48)44-33-28-31(42(18-14-20-43)19-17-34(56-42)30-26-35(51-2)39(54-5)36(27-30)52-3)29-37(53-4)38(33)55-25-24-46(32-15-10-8-11-16-32)41(49)45-21-12-9-13-22-45/h8-13,15-16,21,26-29,34,50H,6-7,14,17-20,22-25H2,1-5H3,(H,44,48). The Morgan fingerprint density at radius 2 is 1.66 bits per heavy atom. The number of halogens is 1. The van der Waals surface area contributed by atoms with E-state index >= 15 is 0 Å². The normalized spacial score (nSPS) is 17.3. The molecule has 0 saturated carbocycles. The number of unbranched alkanes of at least 4 members (excludes halogenated alkanes) is 1. The molecule has 13 nitrogen and oxygen atoms in total. The molecule has 1 saturated heterocycles. The summed E-state index contributed by atoms with van der Waals surface area (Å²) in [4.78, 5) is 30.5. The van der Waals surface area contributed by atoms with E-state index in [0.29, 0.717) is 71.7 Å². The van der Waals surface area contributed by atoms with Gasteiger partial charge in [0.05, 0.1) is 58.9 Å². The SMILES string of the molecule is CCCCN(O)C(=O)Nc1cc(C2(CCCI)CCC(c3cc(OC)c(OC)c(OC)c3)O2)cc(OC)c1OCCN(C(=O)N1C=CC=CC1)c1ccccc1. The van der Waals surface area contributed by atoms with E-state index in [-0.39, 0.29) is 37.6 Å². The Hall–Kier alpha value is -4.67. The van der Waals surface area contributed by atoms with Crippen molar-refractivity contribution in [1.82, 2.24) is 9.96 Å². The van der Waals surface area contributed by atoms with Crippen LogP contribution in [0.2, 0.25) is 0 Å². The summed E-state index contributed by atoms with van der Waals surface area (Å²) in [5.41, 5.74) is 1.94. The maximum absolute atomic E-state index is 13.7. The lowest BCUT2D eigenvalue weighted by atomic mass is 9.85. The Labute approximate surface area is 343 Å². The molecule has 4 amide bonds. The van der Waals surface area contributed by atoms with Gasteiger partial charge in [-0.1, -0.05) is 66.3 Å². The molecule has 56 heavy (non-hydrogen) atoms. The van der Waals surface area contributed by atoms with Crippen LogP contribution in [0.15, 0.2) is 79.0 Å². The number of benzene rings is 3. The van der Waals surface area contributed by atoms with Crippen molar-refractivity contribution in [2.45, 2.75) is 57.2 Å². The number of allylic oxidation sites excluding steroid dienone is 2. The average Bonchev–Trinajstić information content (AvgIpc) is 3.69. The molecule has 0 aliphatic carbocycles. The molecule has 2 heterocycles. The van der Waals surface area contributed by atoms with Crippen molar-refractivity contribution in [1.29, 1.82) is 0 Å². The first-order valence-electron chi connectivity index (χ1n) is 18.8. The van der Waals surface area contributed by atoms with Gasteiger partial charge in [0.2, 0.25) is 5.75 Å². The number of hydrogen-bond acceptors (Lipinski definition) is 9. The van der Waals surface area contributed by atoms with Crippen LogP contribution in [0.5, 0.6) is 28.7 Å². The number of rotatable bonds is 18. The van der Waals surface area contributed by atoms with Crippen molar-refractivity contribution >= 4 is 46.0 Å². The Morgan fingerprint density at radius 1 is 0.946 bits per heavy atom. The first-order valence-corrected chi connectivity index (χ1v) is 20.4. The molecular weight excluding hydrogens is 831 g/mol. The molecule has 2 atom stereocenters. The van der Waals surface area contributed by atoms with Gasteiger partial charge >= 0.3 is 12.1 Å². The topological polar surface area (TPSA) is 132 Å². The molecule has 0 bridgehead atoms. The molecule has 0 aromatic heterocycles. The molecule has 0 spiro atoms. The summed E-state index contributed by atoms with van der Waals surface area (Å²) in [6.45, 7) is 2.84. The number of carbonyl (C=O) groups is 2. The van der Waals surface area contributed by atoms with Gasteiger partial charge in [-0.25, -0.2) is 14.7 Å². The van der Waals surface area contributed by atoms with Gasteiger partial charge in [0.1, 0.15) is 6.61 Å². The van der Waals surface area contributed by atoms with Crippen LogP contribution < -0.4 is 33.9 Å². The molecular formula is C42H53IN4O9. The number of amides is 4. The van der Waals surface area contributed by atoms with Crippen molar-refractivity contribution in [3.63, 3.8) is 0 Å². The fourth-order valence-corrected chi connectivity index (χ4v) is 7.35. The van der Waals surface area contributed by atoms with Crippen molar-refractivity contribution in [2.75, 3.05) is 69.3 Å². The van der Waals surface area contributed by atoms with Crippen molar-refractivity contribution in [2.24, 2.45) is 0 Å². The highest BCUT2D eigenvalue weighted by molar-refractivity contribution is 14.1.